The van der Waals surface area contributed by atoms with Crippen molar-refractivity contribution in [2.24, 2.45) is 0 Å². The highest BCUT2D eigenvalue weighted by atomic mass is 32.1. The number of anilines is 1. The number of methoxy groups -OCH3 is 1. The minimum atomic E-state index is -1.02. The fourth-order valence-corrected chi connectivity index (χ4v) is 2.87. The third-order valence-electron chi connectivity index (χ3n) is 3.05. The molecular formula is C14H11N3O4S. The number of nitrogens with zero attached hydrogens (tertiary/aromatic N) is 1. The third kappa shape index (κ3) is 2.40. The average molecular weight is 317 g/mol. The summed E-state index contributed by atoms with van der Waals surface area (Å²) in [5.74, 6) is -0.663. The van der Waals surface area contributed by atoms with Crippen molar-refractivity contribution in [3.05, 3.63) is 40.8 Å². The molecule has 22 heavy (non-hydrogen) atoms. The molecule has 0 fully saturated rings. The van der Waals surface area contributed by atoms with Gasteiger partial charge in [0.15, 0.2) is 5.82 Å². The molecule has 0 aliphatic heterocycles. The average Bonchev–Trinajstić information content (AvgIpc) is 3.09. The van der Waals surface area contributed by atoms with Crippen molar-refractivity contribution >= 4 is 39.2 Å². The van der Waals surface area contributed by atoms with E-state index in [2.05, 4.69) is 15.5 Å². The van der Waals surface area contributed by atoms with Crippen LogP contribution < -0.4 is 10.1 Å². The Kier molecular flexibility index (Phi) is 3.51. The SMILES string of the molecule is COc1ccccc1C(=O)Nc1n[nH]c2sc(C(=O)O)cc12. The lowest BCUT2D eigenvalue weighted by Crippen LogP contribution is -2.13. The van der Waals surface area contributed by atoms with Gasteiger partial charge in [0, 0.05) is 0 Å². The highest BCUT2D eigenvalue weighted by molar-refractivity contribution is 7.20. The predicted octanol–water partition coefficient (Wildman–Crippen LogP) is 2.58. The van der Waals surface area contributed by atoms with Gasteiger partial charge in [0.05, 0.1) is 18.1 Å². The van der Waals surface area contributed by atoms with Crippen LogP contribution in [0.25, 0.3) is 10.2 Å². The van der Waals surface area contributed by atoms with Crippen molar-refractivity contribution in [1.82, 2.24) is 10.2 Å². The van der Waals surface area contributed by atoms with E-state index in [4.69, 9.17) is 9.84 Å². The molecule has 1 aromatic carbocycles. The molecule has 7 nitrogen and oxygen atoms in total. The first-order chi connectivity index (χ1) is 10.6. The molecule has 3 aromatic rings. The van der Waals surface area contributed by atoms with E-state index in [9.17, 15) is 9.59 Å². The Morgan fingerprint density at radius 1 is 1.36 bits per heavy atom. The van der Waals surface area contributed by atoms with Gasteiger partial charge in [-0.25, -0.2) is 4.79 Å². The number of H-pyrrole nitrogens is 1. The monoisotopic (exact) mass is 317 g/mol. The number of rotatable bonds is 4. The zero-order valence-corrected chi connectivity index (χ0v) is 12.2. The van der Waals surface area contributed by atoms with Gasteiger partial charge in [-0.15, -0.1) is 11.3 Å². The Morgan fingerprint density at radius 3 is 2.86 bits per heavy atom. The Bertz CT molecular complexity index is 868. The molecule has 3 rings (SSSR count). The number of ether oxygens (including phenoxy) is 1. The molecular weight excluding hydrogens is 306 g/mol. The maximum atomic E-state index is 12.3. The number of thiophene rings is 1. The number of hydrogen-bond acceptors (Lipinski definition) is 5. The highest BCUT2D eigenvalue weighted by Gasteiger charge is 2.18. The lowest BCUT2D eigenvalue weighted by Gasteiger charge is -2.07. The molecule has 0 unspecified atom stereocenters. The van der Waals surface area contributed by atoms with E-state index < -0.39 is 5.97 Å². The number of aromatic nitrogens is 2. The predicted molar refractivity (Wildman–Crippen MR) is 81.9 cm³/mol. The van der Waals surface area contributed by atoms with E-state index in [0.717, 1.165) is 11.3 Å². The molecule has 0 bridgehead atoms. The zero-order valence-electron chi connectivity index (χ0n) is 11.4. The van der Waals surface area contributed by atoms with E-state index in [1.54, 1.807) is 24.3 Å². The third-order valence-corrected chi connectivity index (χ3v) is 4.08. The highest BCUT2D eigenvalue weighted by Crippen LogP contribution is 2.29. The summed E-state index contributed by atoms with van der Waals surface area (Å²) in [5, 5.41) is 18.9. The van der Waals surface area contributed by atoms with Crippen LogP contribution in [0.2, 0.25) is 0 Å². The number of nitrogens with one attached hydrogen (secondary N) is 2. The van der Waals surface area contributed by atoms with Crippen molar-refractivity contribution in [2.75, 3.05) is 12.4 Å². The maximum absolute atomic E-state index is 12.3. The second-order valence-corrected chi connectivity index (χ2v) is 5.44. The van der Waals surface area contributed by atoms with Gasteiger partial charge in [0.2, 0.25) is 0 Å². The van der Waals surface area contributed by atoms with Crippen LogP contribution in [0.3, 0.4) is 0 Å². The molecule has 0 spiro atoms. The van der Waals surface area contributed by atoms with E-state index in [-0.39, 0.29) is 16.6 Å². The summed E-state index contributed by atoms with van der Waals surface area (Å²) in [6, 6.07) is 8.28. The van der Waals surface area contributed by atoms with Crippen molar-refractivity contribution < 1.29 is 19.4 Å². The number of carbonyl (C=O) groups excluding carboxylic acids is 1. The molecule has 112 valence electrons. The van der Waals surface area contributed by atoms with Gasteiger partial charge in [-0.1, -0.05) is 12.1 Å². The minimum absolute atomic E-state index is 0.177. The molecule has 8 heteroatoms. The number of carboxylic acids is 1. The Labute approximate surface area is 128 Å². The number of aromatic amines is 1. The zero-order chi connectivity index (χ0) is 15.7. The summed E-state index contributed by atoms with van der Waals surface area (Å²) in [7, 11) is 1.48. The summed E-state index contributed by atoms with van der Waals surface area (Å²) in [4.78, 5) is 24.1. The Morgan fingerprint density at radius 2 is 2.14 bits per heavy atom. The van der Waals surface area contributed by atoms with Crippen LogP contribution >= 0.6 is 11.3 Å². The number of benzene rings is 1. The second-order valence-electron chi connectivity index (χ2n) is 4.39. The quantitative estimate of drug-likeness (QED) is 0.686. The lowest BCUT2D eigenvalue weighted by atomic mass is 10.2. The second kappa shape index (κ2) is 5.49. The Hall–Kier alpha value is -2.87. The fourth-order valence-electron chi connectivity index (χ4n) is 2.02. The standard InChI is InChI=1S/C14H11N3O4S/c1-21-9-5-3-2-4-7(9)12(18)15-11-8-6-10(14(19)20)22-13(8)17-16-11/h2-6H,1H3,(H,19,20)(H2,15,16,17,18). The van der Waals surface area contributed by atoms with Gasteiger partial charge >= 0.3 is 5.97 Å². The molecule has 2 aromatic heterocycles. The topological polar surface area (TPSA) is 104 Å². The lowest BCUT2D eigenvalue weighted by molar-refractivity contribution is 0.0702. The van der Waals surface area contributed by atoms with Crippen LogP contribution in [-0.2, 0) is 0 Å². The van der Waals surface area contributed by atoms with Gasteiger partial charge in [0.1, 0.15) is 15.5 Å². The van der Waals surface area contributed by atoms with Gasteiger partial charge in [-0.2, -0.15) is 5.10 Å². The van der Waals surface area contributed by atoms with Crippen molar-refractivity contribution in [2.45, 2.75) is 0 Å². The molecule has 0 saturated heterocycles. The van der Waals surface area contributed by atoms with Crippen LogP contribution in [0.1, 0.15) is 20.0 Å². The van der Waals surface area contributed by atoms with Gasteiger partial charge in [-0.3, -0.25) is 9.89 Å². The molecule has 2 heterocycles. The first kappa shape index (κ1) is 14.1. The number of carboxylic acid groups (broad SMARTS) is 1. The Balaban J connectivity index is 1.92. The van der Waals surface area contributed by atoms with Crippen molar-refractivity contribution in [1.29, 1.82) is 0 Å². The van der Waals surface area contributed by atoms with E-state index in [1.807, 2.05) is 0 Å². The molecule has 0 aliphatic carbocycles. The van der Waals surface area contributed by atoms with Crippen molar-refractivity contribution in [3.63, 3.8) is 0 Å². The van der Waals surface area contributed by atoms with E-state index in [1.165, 1.54) is 13.2 Å². The molecule has 0 atom stereocenters. The molecule has 0 aliphatic rings. The number of aromatic carboxylic acids is 1. The summed E-state index contributed by atoms with van der Waals surface area (Å²) < 4.78 is 5.14. The molecule has 3 N–H and O–H groups in total. The summed E-state index contributed by atoms with van der Waals surface area (Å²) in [6.45, 7) is 0. The number of fused-ring (bicyclic) bond motifs is 1. The number of amides is 1. The summed E-state index contributed by atoms with van der Waals surface area (Å²) in [6.07, 6.45) is 0. The molecule has 0 radical (unpaired) electrons. The minimum Gasteiger partial charge on any atom is -0.496 e. The van der Waals surface area contributed by atoms with E-state index >= 15 is 0 Å². The van der Waals surface area contributed by atoms with Gasteiger partial charge < -0.3 is 15.2 Å². The first-order valence-corrected chi connectivity index (χ1v) is 7.07. The number of hydrogen-bond donors (Lipinski definition) is 3. The fraction of sp³-hybridized carbons (Fsp3) is 0.0714. The smallest absolute Gasteiger partial charge is 0.345 e. The van der Waals surface area contributed by atoms with Crippen LogP contribution in [-0.4, -0.2) is 34.3 Å². The van der Waals surface area contributed by atoms with Crippen LogP contribution in [0.4, 0.5) is 5.82 Å². The number of carbonyl (C=O) groups is 2. The normalized spacial score (nSPS) is 10.6. The van der Waals surface area contributed by atoms with Gasteiger partial charge in [0.25, 0.3) is 5.91 Å². The largest absolute Gasteiger partial charge is 0.496 e. The van der Waals surface area contributed by atoms with E-state index in [0.29, 0.717) is 21.5 Å². The molecule has 1 amide bonds. The summed E-state index contributed by atoms with van der Waals surface area (Å²) >= 11 is 1.06. The number of para-hydroxylation sites is 1. The van der Waals surface area contributed by atoms with Crippen LogP contribution in [0.5, 0.6) is 5.75 Å². The molecule has 0 saturated carbocycles. The van der Waals surface area contributed by atoms with Crippen LogP contribution in [0, 0.1) is 0 Å². The van der Waals surface area contributed by atoms with Crippen LogP contribution in [0.15, 0.2) is 30.3 Å². The summed E-state index contributed by atoms with van der Waals surface area (Å²) in [5.41, 5.74) is 0.370. The maximum Gasteiger partial charge on any atom is 0.345 e. The van der Waals surface area contributed by atoms with Crippen molar-refractivity contribution in [3.8, 4) is 5.75 Å². The first-order valence-electron chi connectivity index (χ1n) is 6.25. The van der Waals surface area contributed by atoms with Gasteiger partial charge in [-0.05, 0) is 18.2 Å².